The second-order valence-corrected chi connectivity index (χ2v) is 4.82. The third-order valence-corrected chi connectivity index (χ3v) is 3.45. The van der Waals surface area contributed by atoms with Gasteiger partial charge in [-0.2, -0.15) is 0 Å². The summed E-state index contributed by atoms with van der Waals surface area (Å²) < 4.78 is 12.9. The molecular weight excluding hydrogens is 277 g/mol. The van der Waals surface area contributed by atoms with Crippen LogP contribution in [0.15, 0.2) is 48.5 Å². The third-order valence-electron chi connectivity index (χ3n) is 3.08. The summed E-state index contributed by atoms with van der Waals surface area (Å²) in [5.41, 5.74) is 1.37. The van der Waals surface area contributed by atoms with Gasteiger partial charge in [0.1, 0.15) is 5.82 Å². The van der Waals surface area contributed by atoms with Gasteiger partial charge in [0.25, 0.3) is 5.91 Å². The van der Waals surface area contributed by atoms with Crippen molar-refractivity contribution in [2.75, 3.05) is 6.54 Å². The molecule has 0 aromatic heterocycles. The highest BCUT2D eigenvalue weighted by Gasteiger charge is 2.15. The highest BCUT2D eigenvalue weighted by atomic mass is 35.5. The van der Waals surface area contributed by atoms with Gasteiger partial charge >= 0.3 is 0 Å². The fourth-order valence-electron chi connectivity index (χ4n) is 1.93. The van der Waals surface area contributed by atoms with Gasteiger partial charge in [-0.15, -0.1) is 0 Å². The van der Waals surface area contributed by atoms with Crippen LogP contribution in [-0.4, -0.2) is 17.4 Å². The maximum Gasteiger partial charge on any atom is 0.254 e. The Morgan fingerprint density at radius 2 is 1.80 bits per heavy atom. The third kappa shape index (κ3) is 3.36. The van der Waals surface area contributed by atoms with Crippen LogP contribution in [-0.2, 0) is 6.54 Å². The molecule has 20 heavy (non-hydrogen) atoms. The molecule has 2 nitrogen and oxygen atoms in total. The van der Waals surface area contributed by atoms with Crippen LogP contribution in [0.4, 0.5) is 4.39 Å². The number of amides is 1. The highest BCUT2D eigenvalue weighted by molar-refractivity contribution is 6.31. The van der Waals surface area contributed by atoms with E-state index in [-0.39, 0.29) is 11.7 Å². The van der Waals surface area contributed by atoms with Crippen molar-refractivity contribution in [2.24, 2.45) is 0 Å². The number of rotatable bonds is 4. The van der Waals surface area contributed by atoms with Crippen LogP contribution in [0.2, 0.25) is 5.02 Å². The molecule has 0 spiro atoms. The molecule has 0 radical (unpaired) electrons. The van der Waals surface area contributed by atoms with Gasteiger partial charge in [0, 0.05) is 23.7 Å². The maximum absolute atomic E-state index is 12.9. The molecule has 0 unspecified atom stereocenters. The predicted molar refractivity (Wildman–Crippen MR) is 78.3 cm³/mol. The van der Waals surface area contributed by atoms with Crippen LogP contribution < -0.4 is 0 Å². The Labute approximate surface area is 122 Å². The second-order valence-electron chi connectivity index (χ2n) is 4.42. The minimum Gasteiger partial charge on any atom is -0.335 e. The first-order valence-corrected chi connectivity index (χ1v) is 6.78. The minimum atomic E-state index is -0.351. The Kier molecular flexibility index (Phi) is 4.74. The van der Waals surface area contributed by atoms with Gasteiger partial charge in [0.05, 0.1) is 0 Å². The van der Waals surface area contributed by atoms with E-state index >= 15 is 0 Å². The molecule has 0 bridgehead atoms. The fraction of sp³-hybridized carbons (Fsp3) is 0.188. The van der Waals surface area contributed by atoms with Gasteiger partial charge in [0.15, 0.2) is 0 Å². The number of benzene rings is 2. The highest BCUT2D eigenvalue weighted by Crippen LogP contribution is 2.18. The molecule has 2 aromatic rings. The predicted octanol–water partition coefficient (Wildman–Crippen LogP) is 4.14. The maximum atomic E-state index is 12.9. The van der Waals surface area contributed by atoms with Crippen molar-refractivity contribution >= 4 is 17.5 Å². The summed E-state index contributed by atoms with van der Waals surface area (Å²) >= 11 is 6.11. The molecule has 0 N–H and O–H groups in total. The van der Waals surface area contributed by atoms with Gasteiger partial charge in [-0.3, -0.25) is 4.79 Å². The summed E-state index contributed by atoms with van der Waals surface area (Å²) in [4.78, 5) is 14.0. The number of hydrogen-bond donors (Lipinski definition) is 0. The van der Waals surface area contributed by atoms with Crippen LogP contribution in [0.5, 0.6) is 0 Å². The van der Waals surface area contributed by atoms with E-state index in [1.807, 2.05) is 25.1 Å². The SMILES string of the molecule is CCN(Cc1ccccc1Cl)C(=O)c1ccc(F)cc1. The van der Waals surface area contributed by atoms with E-state index in [1.165, 1.54) is 24.3 Å². The molecule has 0 saturated carbocycles. The molecule has 0 aliphatic heterocycles. The molecule has 2 rings (SSSR count). The van der Waals surface area contributed by atoms with E-state index in [0.717, 1.165) is 5.56 Å². The van der Waals surface area contributed by atoms with Crippen LogP contribution in [0.1, 0.15) is 22.8 Å². The lowest BCUT2D eigenvalue weighted by molar-refractivity contribution is 0.0752. The Morgan fingerprint density at radius 1 is 1.15 bits per heavy atom. The van der Waals surface area contributed by atoms with E-state index in [2.05, 4.69) is 0 Å². The molecule has 2 aromatic carbocycles. The van der Waals surface area contributed by atoms with Crippen molar-refractivity contribution in [2.45, 2.75) is 13.5 Å². The zero-order valence-electron chi connectivity index (χ0n) is 11.1. The molecule has 1 amide bonds. The summed E-state index contributed by atoms with van der Waals surface area (Å²) in [5, 5.41) is 0.637. The van der Waals surface area contributed by atoms with E-state index < -0.39 is 0 Å². The van der Waals surface area contributed by atoms with E-state index in [0.29, 0.717) is 23.7 Å². The van der Waals surface area contributed by atoms with Gasteiger partial charge in [0.2, 0.25) is 0 Å². The Morgan fingerprint density at radius 3 is 2.40 bits per heavy atom. The lowest BCUT2D eigenvalue weighted by atomic mass is 10.1. The van der Waals surface area contributed by atoms with Gasteiger partial charge in [-0.25, -0.2) is 4.39 Å². The van der Waals surface area contributed by atoms with Crippen LogP contribution in [0, 0.1) is 5.82 Å². The van der Waals surface area contributed by atoms with Crippen molar-refractivity contribution in [3.63, 3.8) is 0 Å². The van der Waals surface area contributed by atoms with Crippen LogP contribution in [0.25, 0.3) is 0 Å². The summed E-state index contributed by atoms with van der Waals surface area (Å²) in [5.74, 6) is -0.483. The van der Waals surface area contributed by atoms with E-state index in [4.69, 9.17) is 11.6 Å². The van der Waals surface area contributed by atoms with E-state index in [1.54, 1.807) is 11.0 Å². The number of hydrogen-bond acceptors (Lipinski definition) is 1. The molecular formula is C16H15ClFNO. The quantitative estimate of drug-likeness (QED) is 0.829. The fourth-order valence-corrected chi connectivity index (χ4v) is 2.13. The first kappa shape index (κ1) is 14.5. The smallest absolute Gasteiger partial charge is 0.254 e. The van der Waals surface area contributed by atoms with Crippen molar-refractivity contribution in [1.82, 2.24) is 4.90 Å². The zero-order chi connectivity index (χ0) is 14.5. The molecule has 0 atom stereocenters. The average molecular weight is 292 g/mol. The van der Waals surface area contributed by atoms with Crippen molar-refractivity contribution in [3.8, 4) is 0 Å². The van der Waals surface area contributed by atoms with Crippen molar-refractivity contribution < 1.29 is 9.18 Å². The van der Waals surface area contributed by atoms with Crippen LogP contribution >= 0.6 is 11.6 Å². The lowest BCUT2D eigenvalue weighted by Gasteiger charge is -2.21. The number of carbonyl (C=O) groups excluding carboxylic acids is 1. The molecule has 0 aliphatic rings. The lowest BCUT2D eigenvalue weighted by Crippen LogP contribution is -2.30. The number of nitrogens with zero attached hydrogens (tertiary/aromatic N) is 1. The molecule has 4 heteroatoms. The standard InChI is InChI=1S/C16H15ClFNO/c1-2-19(11-13-5-3-4-6-15(13)17)16(20)12-7-9-14(18)10-8-12/h3-10H,2,11H2,1H3. The van der Waals surface area contributed by atoms with E-state index in [9.17, 15) is 9.18 Å². The molecule has 0 fully saturated rings. The first-order chi connectivity index (χ1) is 9.61. The zero-order valence-corrected chi connectivity index (χ0v) is 11.9. The average Bonchev–Trinajstić information content (AvgIpc) is 2.46. The van der Waals surface area contributed by atoms with Gasteiger partial charge in [-0.05, 0) is 42.8 Å². The minimum absolute atomic E-state index is 0.132. The summed E-state index contributed by atoms with van der Waals surface area (Å²) in [6.07, 6.45) is 0. The van der Waals surface area contributed by atoms with Crippen molar-refractivity contribution in [1.29, 1.82) is 0 Å². The summed E-state index contributed by atoms with van der Waals surface area (Å²) in [7, 11) is 0. The van der Waals surface area contributed by atoms with Crippen LogP contribution in [0.3, 0.4) is 0 Å². The largest absolute Gasteiger partial charge is 0.335 e. The number of carbonyl (C=O) groups is 1. The second kappa shape index (κ2) is 6.53. The Balaban J connectivity index is 2.18. The number of halogens is 2. The molecule has 0 aliphatic carbocycles. The summed E-state index contributed by atoms with van der Waals surface area (Å²) in [6, 6.07) is 13.0. The van der Waals surface area contributed by atoms with Gasteiger partial charge < -0.3 is 4.90 Å². The topological polar surface area (TPSA) is 20.3 Å². The summed E-state index contributed by atoms with van der Waals surface area (Å²) in [6.45, 7) is 2.89. The molecule has 0 saturated heterocycles. The molecule has 0 heterocycles. The monoisotopic (exact) mass is 291 g/mol. The molecule has 104 valence electrons. The normalized spacial score (nSPS) is 10.3. The first-order valence-electron chi connectivity index (χ1n) is 6.40. The Bertz CT molecular complexity index is 598. The van der Waals surface area contributed by atoms with Gasteiger partial charge in [-0.1, -0.05) is 29.8 Å². The Hall–Kier alpha value is -1.87. The van der Waals surface area contributed by atoms with Crippen molar-refractivity contribution in [3.05, 3.63) is 70.5 Å².